The molecule has 0 bridgehead atoms. The number of nitrogen functional groups attached to an aromatic ring is 1. The lowest BCUT2D eigenvalue weighted by Crippen LogP contribution is -2.43. The van der Waals surface area contributed by atoms with Gasteiger partial charge in [0.1, 0.15) is 18.0 Å². The molecule has 2 rings (SSSR count). The van der Waals surface area contributed by atoms with Crippen LogP contribution in [0.15, 0.2) is 6.33 Å². The highest BCUT2D eigenvalue weighted by atomic mass is 16.3. The third-order valence-corrected chi connectivity index (χ3v) is 3.69. The Hall–Kier alpha value is -1.36. The molecule has 1 aromatic heterocycles. The minimum Gasteiger partial charge on any atom is -0.391 e. The van der Waals surface area contributed by atoms with E-state index in [1.165, 1.54) is 6.33 Å². The van der Waals surface area contributed by atoms with Gasteiger partial charge in [-0.1, -0.05) is 20.8 Å². The molecule has 1 saturated heterocycles. The van der Waals surface area contributed by atoms with Crippen molar-refractivity contribution in [1.82, 2.24) is 9.97 Å². The molecule has 0 spiro atoms. The van der Waals surface area contributed by atoms with Gasteiger partial charge < -0.3 is 15.7 Å². The maximum Gasteiger partial charge on any atom is 0.137 e. The monoisotopic (exact) mass is 250 g/mol. The zero-order valence-corrected chi connectivity index (χ0v) is 11.3. The largest absolute Gasteiger partial charge is 0.391 e. The Bertz CT molecular complexity index is 421. The molecule has 0 saturated carbocycles. The standard InChI is InChI=1S/C13H22N4O/c1-8(2)11-12(14)15-7-16-13(11)17-5-4-9(3)10(18)6-17/h7-10,18H,4-6H2,1-3H3,(H2,14,15,16). The average molecular weight is 250 g/mol. The molecule has 100 valence electrons. The maximum absolute atomic E-state index is 9.99. The van der Waals surface area contributed by atoms with Crippen LogP contribution in [-0.2, 0) is 0 Å². The lowest BCUT2D eigenvalue weighted by Gasteiger charge is -2.36. The molecule has 5 heteroatoms. The molecule has 5 nitrogen and oxygen atoms in total. The Kier molecular flexibility index (Phi) is 3.71. The maximum atomic E-state index is 9.99. The van der Waals surface area contributed by atoms with Crippen molar-refractivity contribution in [3.8, 4) is 0 Å². The van der Waals surface area contributed by atoms with Crippen LogP contribution < -0.4 is 10.6 Å². The molecule has 2 unspecified atom stereocenters. The van der Waals surface area contributed by atoms with Crippen molar-refractivity contribution >= 4 is 11.6 Å². The summed E-state index contributed by atoms with van der Waals surface area (Å²) in [6, 6.07) is 0. The summed E-state index contributed by atoms with van der Waals surface area (Å²) in [6.07, 6.45) is 2.18. The summed E-state index contributed by atoms with van der Waals surface area (Å²) in [4.78, 5) is 10.6. The molecule has 2 atom stereocenters. The zero-order valence-electron chi connectivity index (χ0n) is 11.3. The Morgan fingerprint density at radius 3 is 2.78 bits per heavy atom. The minimum atomic E-state index is -0.296. The Morgan fingerprint density at radius 1 is 1.44 bits per heavy atom. The van der Waals surface area contributed by atoms with Gasteiger partial charge in [0.25, 0.3) is 0 Å². The van der Waals surface area contributed by atoms with Crippen LogP contribution in [0.5, 0.6) is 0 Å². The van der Waals surface area contributed by atoms with E-state index in [2.05, 4.69) is 35.6 Å². The van der Waals surface area contributed by atoms with Gasteiger partial charge in [-0.15, -0.1) is 0 Å². The fraction of sp³-hybridized carbons (Fsp3) is 0.692. The van der Waals surface area contributed by atoms with E-state index in [9.17, 15) is 5.11 Å². The first-order valence-corrected chi connectivity index (χ1v) is 6.54. The highest BCUT2D eigenvalue weighted by Crippen LogP contribution is 2.31. The van der Waals surface area contributed by atoms with Crippen LogP contribution >= 0.6 is 0 Å². The normalized spacial score (nSPS) is 24.6. The molecule has 1 aliphatic rings. The number of piperidine rings is 1. The smallest absolute Gasteiger partial charge is 0.137 e. The lowest BCUT2D eigenvalue weighted by molar-refractivity contribution is 0.102. The van der Waals surface area contributed by atoms with Gasteiger partial charge >= 0.3 is 0 Å². The number of anilines is 2. The number of rotatable bonds is 2. The SMILES string of the molecule is CC(C)c1c(N)ncnc1N1CCC(C)C(O)C1. The van der Waals surface area contributed by atoms with E-state index >= 15 is 0 Å². The average Bonchev–Trinajstić information content (AvgIpc) is 2.32. The van der Waals surface area contributed by atoms with Crippen LogP contribution in [0.3, 0.4) is 0 Å². The molecule has 3 N–H and O–H groups in total. The Balaban J connectivity index is 2.31. The minimum absolute atomic E-state index is 0.276. The predicted molar refractivity (Wildman–Crippen MR) is 72.5 cm³/mol. The van der Waals surface area contributed by atoms with E-state index < -0.39 is 0 Å². The number of nitrogens with two attached hydrogens (primary N) is 1. The van der Waals surface area contributed by atoms with Crippen LogP contribution in [0.25, 0.3) is 0 Å². The molecule has 1 aliphatic heterocycles. The summed E-state index contributed by atoms with van der Waals surface area (Å²) >= 11 is 0. The fourth-order valence-corrected chi connectivity index (χ4v) is 2.45. The predicted octanol–water partition coefficient (Wildman–Crippen LogP) is 1.39. The van der Waals surface area contributed by atoms with Gasteiger partial charge in [0.15, 0.2) is 0 Å². The fourth-order valence-electron chi connectivity index (χ4n) is 2.45. The molecular weight excluding hydrogens is 228 g/mol. The molecule has 0 aromatic carbocycles. The molecular formula is C13H22N4O. The number of hydrogen-bond donors (Lipinski definition) is 2. The molecule has 18 heavy (non-hydrogen) atoms. The number of aromatic nitrogens is 2. The van der Waals surface area contributed by atoms with Crippen LogP contribution in [0.4, 0.5) is 11.6 Å². The number of aliphatic hydroxyl groups is 1. The Morgan fingerprint density at radius 2 is 2.17 bits per heavy atom. The van der Waals surface area contributed by atoms with E-state index in [4.69, 9.17) is 5.73 Å². The second-order valence-corrected chi connectivity index (χ2v) is 5.43. The summed E-state index contributed by atoms with van der Waals surface area (Å²) in [5.41, 5.74) is 6.94. The van der Waals surface area contributed by atoms with Crippen LogP contribution in [-0.4, -0.2) is 34.3 Å². The molecule has 0 amide bonds. The number of nitrogens with zero attached hydrogens (tertiary/aromatic N) is 3. The van der Waals surface area contributed by atoms with Gasteiger partial charge in [0, 0.05) is 18.7 Å². The Labute approximate surface area is 108 Å². The van der Waals surface area contributed by atoms with E-state index in [-0.39, 0.29) is 12.0 Å². The first kappa shape index (κ1) is 13.1. The number of hydrogen-bond acceptors (Lipinski definition) is 5. The van der Waals surface area contributed by atoms with Gasteiger partial charge in [0.2, 0.25) is 0 Å². The summed E-state index contributed by atoms with van der Waals surface area (Å²) in [5.74, 6) is 2.05. The van der Waals surface area contributed by atoms with Gasteiger partial charge in [-0.25, -0.2) is 9.97 Å². The van der Waals surface area contributed by atoms with Crippen LogP contribution in [0.2, 0.25) is 0 Å². The molecule has 1 aromatic rings. The first-order valence-electron chi connectivity index (χ1n) is 6.54. The summed E-state index contributed by atoms with van der Waals surface area (Å²) in [5, 5.41) is 9.99. The van der Waals surface area contributed by atoms with E-state index in [0.717, 1.165) is 24.3 Å². The molecule has 0 radical (unpaired) electrons. The molecule has 2 heterocycles. The van der Waals surface area contributed by atoms with E-state index in [0.29, 0.717) is 18.3 Å². The first-order chi connectivity index (χ1) is 8.50. The summed E-state index contributed by atoms with van der Waals surface area (Å²) in [6.45, 7) is 7.79. The van der Waals surface area contributed by atoms with Crippen molar-refractivity contribution in [2.24, 2.45) is 5.92 Å². The number of β-amino-alcohol motifs (C(OH)–C–C–N with tert-alkyl or cyclic N) is 1. The lowest BCUT2D eigenvalue weighted by atomic mass is 9.95. The van der Waals surface area contributed by atoms with E-state index in [1.807, 2.05) is 0 Å². The van der Waals surface area contributed by atoms with Crippen molar-refractivity contribution in [2.45, 2.75) is 39.2 Å². The highest BCUT2D eigenvalue weighted by molar-refractivity contribution is 5.58. The van der Waals surface area contributed by atoms with Crippen molar-refractivity contribution < 1.29 is 5.11 Å². The number of aliphatic hydroxyl groups excluding tert-OH is 1. The highest BCUT2D eigenvalue weighted by Gasteiger charge is 2.27. The summed E-state index contributed by atoms with van der Waals surface area (Å²) < 4.78 is 0. The van der Waals surface area contributed by atoms with E-state index in [1.54, 1.807) is 0 Å². The topological polar surface area (TPSA) is 75.3 Å². The van der Waals surface area contributed by atoms with Crippen molar-refractivity contribution in [3.05, 3.63) is 11.9 Å². The van der Waals surface area contributed by atoms with Crippen LogP contribution in [0.1, 0.15) is 38.7 Å². The van der Waals surface area contributed by atoms with Gasteiger partial charge in [-0.3, -0.25) is 0 Å². The zero-order chi connectivity index (χ0) is 13.3. The second kappa shape index (κ2) is 5.10. The molecule has 1 fully saturated rings. The van der Waals surface area contributed by atoms with Gasteiger partial charge in [-0.05, 0) is 18.3 Å². The molecule has 0 aliphatic carbocycles. The van der Waals surface area contributed by atoms with Crippen molar-refractivity contribution in [1.29, 1.82) is 0 Å². The summed E-state index contributed by atoms with van der Waals surface area (Å²) in [7, 11) is 0. The quantitative estimate of drug-likeness (QED) is 0.829. The third kappa shape index (κ3) is 2.41. The van der Waals surface area contributed by atoms with Crippen LogP contribution in [0, 0.1) is 5.92 Å². The van der Waals surface area contributed by atoms with Gasteiger partial charge in [0.05, 0.1) is 6.10 Å². The second-order valence-electron chi connectivity index (χ2n) is 5.43. The van der Waals surface area contributed by atoms with Crippen molar-refractivity contribution in [2.75, 3.05) is 23.7 Å². The van der Waals surface area contributed by atoms with Gasteiger partial charge in [-0.2, -0.15) is 0 Å². The third-order valence-electron chi connectivity index (χ3n) is 3.69. The van der Waals surface area contributed by atoms with Crippen molar-refractivity contribution in [3.63, 3.8) is 0 Å².